The molecule has 1 aromatic heterocycles. The van der Waals surface area contributed by atoms with Crippen molar-refractivity contribution >= 4 is 11.6 Å². The lowest BCUT2D eigenvalue weighted by atomic mass is 10.1. The predicted molar refractivity (Wildman–Crippen MR) is 67.7 cm³/mol. The van der Waals surface area contributed by atoms with E-state index in [1.165, 1.54) is 12.1 Å². The third kappa shape index (κ3) is 3.57. The van der Waals surface area contributed by atoms with Crippen LogP contribution in [0.2, 0.25) is 0 Å². The van der Waals surface area contributed by atoms with E-state index >= 15 is 0 Å². The first-order valence-electron chi connectivity index (χ1n) is 6.03. The summed E-state index contributed by atoms with van der Waals surface area (Å²) in [5.74, 6) is -0.239. The van der Waals surface area contributed by atoms with Crippen LogP contribution in [-0.2, 0) is 4.79 Å². The first-order chi connectivity index (χ1) is 9.19. The molecule has 19 heavy (non-hydrogen) atoms. The second kappa shape index (κ2) is 6.03. The number of hydrogen-bond acceptors (Lipinski definition) is 4. The first-order valence-corrected chi connectivity index (χ1v) is 6.03. The first kappa shape index (κ1) is 13.1. The van der Waals surface area contributed by atoms with Crippen LogP contribution in [0.4, 0.5) is 10.1 Å². The average Bonchev–Trinajstić information content (AvgIpc) is 2.89. The second-order valence-electron chi connectivity index (χ2n) is 4.13. The van der Waals surface area contributed by atoms with Crippen molar-refractivity contribution in [3.8, 4) is 11.4 Å². The molecule has 2 aromatic rings. The van der Waals surface area contributed by atoms with Crippen LogP contribution in [0, 0.1) is 5.82 Å². The number of carbonyl (C=O) groups is 1. The van der Waals surface area contributed by atoms with Gasteiger partial charge >= 0.3 is 0 Å². The zero-order valence-corrected chi connectivity index (χ0v) is 10.5. The maximum absolute atomic E-state index is 13.5. The summed E-state index contributed by atoms with van der Waals surface area (Å²) >= 11 is 0. The number of anilines is 1. The average molecular weight is 263 g/mol. The van der Waals surface area contributed by atoms with Crippen molar-refractivity contribution in [3.05, 3.63) is 24.0 Å². The van der Waals surface area contributed by atoms with E-state index in [0.29, 0.717) is 23.5 Å². The van der Waals surface area contributed by atoms with Crippen molar-refractivity contribution in [2.45, 2.75) is 26.2 Å². The Balaban J connectivity index is 2.15. The Bertz CT molecular complexity index is 555. The van der Waals surface area contributed by atoms with Gasteiger partial charge in [0.1, 0.15) is 5.82 Å². The minimum Gasteiger partial charge on any atom is -0.326 e. The molecule has 0 atom stereocenters. The Hall–Kier alpha value is -2.31. The van der Waals surface area contributed by atoms with Gasteiger partial charge in [0.25, 0.3) is 0 Å². The number of tetrazole rings is 1. The molecule has 0 spiro atoms. The maximum atomic E-state index is 13.5. The van der Waals surface area contributed by atoms with E-state index in [-0.39, 0.29) is 5.91 Å². The molecule has 6 nitrogen and oxygen atoms in total. The molecule has 0 bridgehead atoms. The van der Waals surface area contributed by atoms with Crippen molar-refractivity contribution in [1.82, 2.24) is 20.6 Å². The molecule has 0 unspecified atom stereocenters. The monoisotopic (exact) mass is 263 g/mol. The highest BCUT2D eigenvalue weighted by Crippen LogP contribution is 2.21. The van der Waals surface area contributed by atoms with E-state index < -0.39 is 5.82 Å². The molecular weight excluding hydrogens is 249 g/mol. The summed E-state index contributed by atoms with van der Waals surface area (Å²) in [6.07, 6.45) is 2.16. The van der Waals surface area contributed by atoms with E-state index in [1.54, 1.807) is 6.07 Å². The maximum Gasteiger partial charge on any atom is 0.224 e. The Kier molecular flexibility index (Phi) is 4.17. The topological polar surface area (TPSA) is 83.6 Å². The molecule has 2 rings (SSSR count). The van der Waals surface area contributed by atoms with Gasteiger partial charge in [-0.15, -0.1) is 5.10 Å². The number of nitrogens with one attached hydrogen (secondary N) is 2. The van der Waals surface area contributed by atoms with Crippen molar-refractivity contribution in [3.63, 3.8) is 0 Å². The lowest BCUT2D eigenvalue weighted by molar-refractivity contribution is -0.116. The molecule has 0 saturated heterocycles. The molecule has 0 fully saturated rings. The van der Waals surface area contributed by atoms with Crippen molar-refractivity contribution in [2.75, 3.05) is 5.32 Å². The smallest absolute Gasteiger partial charge is 0.224 e. The van der Waals surface area contributed by atoms with Gasteiger partial charge in [0, 0.05) is 17.7 Å². The van der Waals surface area contributed by atoms with Crippen molar-refractivity contribution < 1.29 is 9.18 Å². The van der Waals surface area contributed by atoms with E-state index in [9.17, 15) is 9.18 Å². The Morgan fingerprint density at radius 1 is 1.42 bits per heavy atom. The SMILES string of the molecule is CCCCC(=O)Nc1cc(F)cc(-c2nnn[nH]2)c1. The summed E-state index contributed by atoms with van der Waals surface area (Å²) in [6.45, 7) is 2.00. The van der Waals surface area contributed by atoms with E-state index in [4.69, 9.17) is 0 Å². The number of halogens is 1. The molecule has 7 heteroatoms. The molecule has 2 N–H and O–H groups in total. The second-order valence-corrected chi connectivity index (χ2v) is 4.13. The molecule has 0 aliphatic heterocycles. The highest BCUT2D eigenvalue weighted by Gasteiger charge is 2.08. The summed E-state index contributed by atoms with van der Waals surface area (Å²) in [7, 11) is 0. The van der Waals surface area contributed by atoms with E-state index in [0.717, 1.165) is 12.8 Å². The number of carbonyl (C=O) groups excluding carboxylic acids is 1. The number of aromatic nitrogens is 4. The van der Waals surface area contributed by atoms with Crippen LogP contribution < -0.4 is 5.32 Å². The Morgan fingerprint density at radius 3 is 2.95 bits per heavy atom. The van der Waals surface area contributed by atoms with E-state index in [1.807, 2.05) is 6.92 Å². The van der Waals surface area contributed by atoms with Gasteiger partial charge in [-0.1, -0.05) is 13.3 Å². The third-order valence-electron chi connectivity index (χ3n) is 2.56. The van der Waals surface area contributed by atoms with Crippen molar-refractivity contribution in [1.29, 1.82) is 0 Å². The number of hydrogen-bond donors (Lipinski definition) is 2. The lowest BCUT2D eigenvalue weighted by Gasteiger charge is -2.06. The van der Waals surface area contributed by atoms with Crippen LogP contribution in [0.5, 0.6) is 0 Å². The fourth-order valence-corrected chi connectivity index (χ4v) is 1.64. The normalized spacial score (nSPS) is 10.4. The fourth-order valence-electron chi connectivity index (χ4n) is 1.64. The summed E-state index contributed by atoms with van der Waals surface area (Å²) in [4.78, 5) is 11.6. The molecule has 100 valence electrons. The minimum atomic E-state index is -0.459. The summed E-state index contributed by atoms with van der Waals surface area (Å²) in [5, 5.41) is 15.8. The number of nitrogens with zero attached hydrogens (tertiary/aromatic N) is 3. The highest BCUT2D eigenvalue weighted by atomic mass is 19.1. The summed E-state index contributed by atoms with van der Waals surface area (Å²) < 4.78 is 13.5. The van der Waals surface area contributed by atoms with Gasteiger partial charge in [-0.25, -0.2) is 9.49 Å². The van der Waals surface area contributed by atoms with E-state index in [2.05, 4.69) is 25.9 Å². The van der Waals surface area contributed by atoms with Gasteiger partial charge in [-0.3, -0.25) is 4.79 Å². The number of amides is 1. The molecule has 1 heterocycles. The minimum absolute atomic E-state index is 0.130. The quantitative estimate of drug-likeness (QED) is 0.865. The largest absolute Gasteiger partial charge is 0.326 e. The zero-order valence-electron chi connectivity index (χ0n) is 10.5. The van der Waals surface area contributed by atoms with Crippen LogP contribution in [-0.4, -0.2) is 26.5 Å². The van der Waals surface area contributed by atoms with Crippen molar-refractivity contribution in [2.24, 2.45) is 0 Å². The van der Waals surface area contributed by atoms with Gasteiger partial charge in [0.15, 0.2) is 5.82 Å². The number of benzene rings is 1. The van der Waals surface area contributed by atoms with Crippen LogP contribution in [0.1, 0.15) is 26.2 Å². The standard InChI is InChI=1S/C12H14FN5O/c1-2-3-4-11(19)14-10-6-8(5-9(13)7-10)12-15-17-18-16-12/h5-7H,2-4H2,1H3,(H,14,19)(H,15,16,17,18). The number of rotatable bonds is 5. The molecule has 1 aromatic carbocycles. The van der Waals surface area contributed by atoms with Gasteiger partial charge in [-0.05, 0) is 35.0 Å². The van der Waals surface area contributed by atoms with Gasteiger partial charge < -0.3 is 5.32 Å². The molecule has 0 radical (unpaired) electrons. The Morgan fingerprint density at radius 2 is 2.26 bits per heavy atom. The van der Waals surface area contributed by atoms with Crippen LogP contribution in [0.15, 0.2) is 18.2 Å². The van der Waals surface area contributed by atoms with Gasteiger partial charge in [-0.2, -0.15) is 0 Å². The Labute approximate surface area is 109 Å². The van der Waals surface area contributed by atoms with Crippen LogP contribution >= 0.6 is 0 Å². The number of aromatic amines is 1. The van der Waals surface area contributed by atoms with Crippen LogP contribution in [0.25, 0.3) is 11.4 Å². The predicted octanol–water partition coefficient (Wildman–Crippen LogP) is 2.13. The van der Waals surface area contributed by atoms with Gasteiger partial charge in [0.2, 0.25) is 5.91 Å². The third-order valence-corrected chi connectivity index (χ3v) is 2.56. The highest BCUT2D eigenvalue weighted by molar-refractivity contribution is 5.91. The molecular formula is C12H14FN5O. The summed E-state index contributed by atoms with van der Waals surface area (Å²) in [5.41, 5.74) is 0.878. The number of H-pyrrole nitrogens is 1. The number of unbranched alkanes of at least 4 members (excludes halogenated alkanes) is 1. The molecule has 0 saturated carbocycles. The zero-order chi connectivity index (χ0) is 13.7. The lowest BCUT2D eigenvalue weighted by Crippen LogP contribution is -2.11. The van der Waals surface area contributed by atoms with Crippen LogP contribution in [0.3, 0.4) is 0 Å². The molecule has 1 amide bonds. The molecule has 0 aliphatic rings. The van der Waals surface area contributed by atoms with Gasteiger partial charge in [0.05, 0.1) is 0 Å². The fraction of sp³-hybridized carbons (Fsp3) is 0.333. The summed E-state index contributed by atoms with van der Waals surface area (Å²) in [6, 6.07) is 4.18. The molecule has 0 aliphatic carbocycles.